The Labute approximate surface area is 185 Å². The summed E-state index contributed by atoms with van der Waals surface area (Å²) in [5, 5.41) is 8.12. The predicted octanol–water partition coefficient (Wildman–Crippen LogP) is 3.99. The molecule has 3 heterocycles. The summed E-state index contributed by atoms with van der Waals surface area (Å²) in [5.41, 5.74) is 6.53. The fourth-order valence-electron chi connectivity index (χ4n) is 4.36. The second-order valence-electron chi connectivity index (χ2n) is 8.77. The number of ether oxygens (including phenoxy) is 1. The van der Waals surface area contributed by atoms with Crippen LogP contribution in [0.1, 0.15) is 48.0 Å². The highest BCUT2D eigenvalue weighted by molar-refractivity contribution is 5.37. The first-order chi connectivity index (χ1) is 15.0. The second kappa shape index (κ2) is 9.81. The molecule has 4 rings (SSSR count). The van der Waals surface area contributed by atoms with Gasteiger partial charge in [0.05, 0.1) is 19.4 Å². The van der Waals surface area contributed by atoms with Crippen LogP contribution in [0, 0.1) is 13.8 Å². The quantitative estimate of drug-likeness (QED) is 0.597. The Morgan fingerprint density at radius 2 is 1.71 bits per heavy atom. The van der Waals surface area contributed by atoms with Crippen molar-refractivity contribution in [2.45, 2.75) is 53.4 Å². The molecular weight excluding hydrogens is 386 g/mol. The van der Waals surface area contributed by atoms with Crippen molar-refractivity contribution in [1.82, 2.24) is 24.6 Å². The molecule has 1 fully saturated rings. The zero-order valence-corrected chi connectivity index (χ0v) is 19.3. The van der Waals surface area contributed by atoms with Crippen LogP contribution >= 0.6 is 0 Å². The summed E-state index contributed by atoms with van der Waals surface area (Å²) in [6.45, 7) is 15.2. The lowest BCUT2D eigenvalue weighted by Crippen LogP contribution is -2.35. The monoisotopic (exact) mass is 421 g/mol. The largest absolute Gasteiger partial charge is 0.379 e. The minimum atomic E-state index is 0.332. The summed E-state index contributed by atoms with van der Waals surface area (Å²) in [4.78, 5) is 2.46. The number of nitrogens with zero attached hydrogens (tertiary/aromatic N) is 4. The van der Waals surface area contributed by atoms with E-state index in [2.05, 4.69) is 88.7 Å². The topological polar surface area (TPSA) is 47.2 Å². The van der Waals surface area contributed by atoms with Crippen molar-refractivity contribution < 1.29 is 4.74 Å². The molecule has 1 saturated heterocycles. The molecule has 1 aliphatic heterocycles. The fraction of sp³-hybridized carbons (Fsp3) is 0.480. The maximum Gasteiger partial charge on any atom is 0.135 e. The zero-order chi connectivity index (χ0) is 21.8. The van der Waals surface area contributed by atoms with Gasteiger partial charge in [-0.2, -0.15) is 5.10 Å². The van der Waals surface area contributed by atoms with E-state index in [0.717, 1.165) is 51.8 Å². The van der Waals surface area contributed by atoms with Gasteiger partial charge in [-0.3, -0.25) is 4.90 Å². The molecule has 0 bridgehead atoms. The van der Waals surface area contributed by atoms with Crippen LogP contribution in [0.5, 0.6) is 0 Å². The molecule has 6 nitrogen and oxygen atoms in total. The second-order valence-corrected chi connectivity index (χ2v) is 8.77. The van der Waals surface area contributed by atoms with E-state index >= 15 is 0 Å². The van der Waals surface area contributed by atoms with Crippen LogP contribution in [0.2, 0.25) is 0 Å². The van der Waals surface area contributed by atoms with Crippen molar-refractivity contribution in [3.05, 3.63) is 70.7 Å². The maximum atomic E-state index is 5.44. The van der Waals surface area contributed by atoms with Crippen molar-refractivity contribution in [3.8, 4) is 5.82 Å². The molecule has 0 spiro atoms. The molecule has 6 heteroatoms. The molecule has 0 unspecified atom stereocenters. The van der Waals surface area contributed by atoms with E-state index in [1.54, 1.807) is 0 Å². The van der Waals surface area contributed by atoms with Crippen LogP contribution in [0.25, 0.3) is 5.82 Å². The molecule has 2 aromatic heterocycles. The summed E-state index contributed by atoms with van der Waals surface area (Å²) in [5.74, 6) is 1.13. The predicted molar refractivity (Wildman–Crippen MR) is 124 cm³/mol. The third kappa shape index (κ3) is 5.09. The Hall–Kier alpha value is -2.41. The van der Waals surface area contributed by atoms with Crippen LogP contribution < -0.4 is 5.32 Å². The Morgan fingerprint density at radius 3 is 2.42 bits per heavy atom. The van der Waals surface area contributed by atoms with Gasteiger partial charge in [-0.15, -0.1) is 0 Å². The first kappa shape index (κ1) is 21.8. The molecule has 3 aromatic rings. The molecule has 0 aliphatic carbocycles. The van der Waals surface area contributed by atoms with Crippen molar-refractivity contribution in [2.24, 2.45) is 0 Å². The average Bonchev–Trinajstić information content (AvgIpc) is 3.34. The number of benzene rings is 1. The highest BCUT2D eigenvalue weighted by Gasteiger charge is 2.15. The van der Waals surface area contributed by atoms with Gasteiger partial charge in [-0.05, 0) is 50.5 Å². The number of aromatic nitrogens is 3. The number of nitrogens with one attached hydrogen (secondary N) is 1. The van der Waals surface area contributed by atoms with E-state index in [0.29, 0.717) is 6.04 Å². The normalized spacial score (nSPS) is 15.1. The van der Waals surface area contributed by atoms with Gasteiger partial charge in [0.25, 0.3) is 0 Å². The van der Waals surface area contributed by atoms with Gasteiger partial charge >= 0.3 is 0 Å². The van der Waals surface area contributed by atoms with Crippen molar-refractivity contribution in [2.75, 3.05) is 26.3 Å². The van der Waals surface area contributed by atoms with Gasteiger partial charge in [0.2, 0.25) is 0 Å². The summed E-state index contributed by atoms with van der Waals surface area (Å²) in [7, 11) is 0. The van der Waals surface area contributed by atoms with Gasteiger partial charge in [0, 0.05) is 56.2 Å². The van der Waals surface area contributed by atoms with Crippen LogP contribution in [-0.4, -0.2) is 45.6 Å². The molecule has 0 atom stereocenters. The SMILES string of the molecule is Cc1cc(CNCc2ccc(CN3CCOCC3)cc2)c(C)n1-c1ccnn1C(C)C. The molecular formula is C25H35N5O. The van der Waals surface area contributed by atoms with E-state index in [4.69, 9.17) is 4.74 Å². The van der Waals surface area contributed by atoms with Crippen LogP contribution in [-0.2, 0) is 24.4 Å². The lowest BCUT2D eigenvalue weighted by molar-refractivity contribution is 0.0342. The van der Waals surface area contributed by atoms with Gasteiger partial charge in [-0.1, -0.05) is 24.3 Å². The first-order valence-corrected chi connectivity index (χ1v) is 11.3. The van der Waals surface area contributed by atoms with Crippen molar-refractivity contribution in [3.63, 3.8) is 0 Å². The Bertz CT molecular complexity index is 980. The Morgan fingerprint density at radius 1 is 1.00 bits per heavy atom. The van der Waals surface area contributed by atoms with Gasteiger partial charge in [0.15, 0.2) is 0 Å². The van der Waals surface area contributed by atoms with E-state index in [1.807, 2.05) is 6.20 Å². The average molecular weight is 422 g/mol. The van der Waals surface area contributed by atoms with E-state index in [9.17, 15) is 0 Å². The summed E-state index contributed by atoms with van der Waals surface area (Å²) < 4.78 is 9.82. The number of hydrogen-bond donors (Lipinski definition) is 1. The minimum Gasteiger partial charge on any atom is -0.379 e. The highest BCUT2D eigenvalue weighted by atomic mass is 16.5. The number of aryl methyl sites for hydroxylation is 1. The van der Waals surface area contributed by atoms with Gasteiger partial charge in [-0.25, -0.2) is 4.68 Å². The molecule has 0 saturated carbocycles. The third-order valence-corrected chi connectivity index (χ3v) is 6.08. The molecule has 31 heavy (non-hydrogen) atoms. The third-order valence-electron chi connectivity index (χ3n) is 6.08. The zero-order valence-electron chi connectivity index (χ0n) is 19.3. The Balaban J connectivity index is 1.35. The van der Waals surface area contributed by atoms with Crippen LogP contribution in [0.4, 0.5) is 0 Å². The van der Waals surface area contributed by atoms with E-state index < -0.39 is 0 Å². The lowest BCUT2D eigenvalue weighted by atomic mass is 10.1. The molecule has 1 aliphatic rings. The smallest absolute Gasteiger partial charge is 0.135 e. The summed E-state index contributed by atoms with van der Waals surface area (Å²) in [6, 6.07) is 13.7. The van der Waals surface area contributed by atoms with Crippen molar-refractivity contribution >= 4 is 0 Å². The van der Waals surface area contributed by atoms with Crippen LogP contribution in [0.15, 0.2) is 42.6 Å². The van der Waals surface area contributed by atoms with Gasteiger partial charge < -0.3 is 14.6 Å². The maximum absolute atomic E-state index is 5.44. The summed E-state index contributed by atoms with van der Waals surface area (Å²) in [6.07, 6.45) is 1.88. The van der Waals surface area contributed by atoms with Crippen LogP contribution in [0.3, 0.4) is 0 Å². The summed E-state index contributed by atoms with van der Waals surface area (Å²) >= 11 is 0. The minimum absolute atomic E-state index is 0.332. The van der Waals surface area contributed by atoms with Crippen molar-refractivity contribution in [1.29, 1.82) is 0 Å². The Kier molecular flexibility index (Phi) is 6.90. The molecule has 1 N–H and O–H groups in total. The van der Waals surface area contributed by atoms with E-state index in [1.165, 1.54) is 28.1 Å². The number of hydrogen-bond acceptors (Lipinski definition) is 4. The lowest BCUT2D eigenvalue weighted by Gasteiger charge is -2.26. The standard InChI is InChI=1S/C25H35N5O/c1-19(2)30-25(9-10-27-30)29-20(3)15-24(21(29)4)17-26-16-22-5-7-23(8-6-22)18-28-11-13-31-14-12-28/h5-10,15,19,26H,11-14,16-18H2,1-4H3. The molecule has 1 aromatic carbocycles. The molecule has 166 valence electrons. The number of morpholine rings is 1. The first-order valence-electron chi connectivity index (χ1n) is 11.3. The van der Waals surface area contributed by atoms with Gasteiger partial charge in [0.1, 0.15) is 5.82 Å². The molecule has 0 amide bonds. The van der Waals surface area contributed by atoms with E-state index in [-0.39, 0.29) is 0 Å². The fourth-order valence-corrected chi connectivity index (χ4v) is 4.36. The molecule has 0 radical (unpaired) electrons. The number of rotatable bonds is 8. The highest BCUT2D eigenvalue weighted by Crippen LogP contribution is 2.22.